The van der Waals surface area contributed by atoms with Crippen LogP contribution in [0.15, 0.2) is 24.5 Å². The van der Waals surface area contributed by atoms with Crippen LogP contribution in [-0.4, -0.2) is 22.6 Å². The molecular weight excluding hydrogens is 222 g/mol. The van der Waals surface area contributed by atoms with Crippen molar-refractivity contribution in [1.82, 2.24) is 14.9 Å². The van der Waals surface area contributed by atoms with Crippen molar-refractivity contribution >= 4 is 11.0 Å². The molecule has 0 amide bonds. The van der Waals surface area contributed by atoms with Gasteiger partial charge in [-0.25, -0.2) is 4.98 Å². The largest absolute Gasteiger partial charge is 0.334 e. The average molecular weight is 243 g/mol. The van der Waals surface area contributed by atoms with Crippen LogP contribution in [0.4, 0.5) is 0 Å². The van der Waals surface area contributed by atoms with Crippen molar-refractivity contribution in [3.63, 3.8) is 0 Å². The maximum atomic E-state index is 4.42. The first-order valence-corrected chi connectivity index (χ1v) is 6.93. The molecule has 3 nitrogen and oxygen atoms in total. The number of aryl methyl sites for hydroxylation is 2. The van der Waals surface area contributed by atoms with Crippen molar-refractivity contribution in [3.05, 3.63) is 30.1 Å². The van der Waals surface area contributed by atoms with Gasteiger partial charge in [0.15, 0.2) is 0 Å². The summed E-state index contributed by atoms with van der Waals surface area (Å²) in [5, 5.41) is 3.49. The summed E-state index contributed by atoms with van der Waals surface area (Å²) in [4.78, 5) is 4.42. The van der Waals surface area contributed by atoms with E-state index in [-0.39, 0.29) is 0 Å². The maximum Gasteiger partial charge on any atom is 0.0955 e. The molecule has 1 saturated heterocycles. The minimum absolute atomic E-state index is 0.859. The first kappa shape index (κ1) is 11.7. The van der Waals surface area contributed by atoms with E-state index in [1.165, 1.54) is 49.9 Å². The molecule has 96 valence electrons. The van der Waals surface area contributed by atoms with Gasteiger partial charge in [0.2, 0.25) is 0 Å². The highest BCUT2D eigenvalue weighted by Gasteiger charge is 2.12. The number of hydrogen-bond donors (Lipinski definition) is 1. The summed E-state index contributed by atoms with van der Waals surface area (Å²) in [6.45, 7) is 2.40. The van der Waals surface area contributed by atoms with Gasteiger partial charge in [0.05, 0.1) is 17.4 Å². The van der Waals surface area contributed by atoms with Crippen LogP contribution < -0.4 is 5.32 Å². The fourth-order valence-corrected chi connectivity index (χ4v) is 2.88. The SMILES string of the molecule is Cn1cnc2cc(CCC3CCCNC3)ccc21. The van der Waals surface area contributed by atoms with Crippen LogP contribution in [0.2, 0.25) is 0 Å². The van der Waals surface area contributed by atoms with Crippen molar-refractivity contribution in [2.45, 2.75) is 25.7 Å². The molecule has 1 aromatic heterocycles. The van der Waals surface area contributed by atoms with E-state index in [0.29, 0.717) is 0 Å². The molecule has 3 rings (SSSR count). The van der Waals surface area contributed by atoms with Gasteiger partial charge in [-0.2, -0.15) is 0 Å². The summed E-state index contributed by atoms with van der Waals surface area (Å²) >= 11 is 0. The predicted octanol–water partition coefficient (Wildman–Crippen LogP) is 2.51. The number of hydrogen-bond acceptors (Lipinski definition) is 2. The zero-order chi connectivity index (χ0) is 12.4. The lowest BCUT2D eigenvalue weighted by atomic mass is 9.93. The summed E-state index contributed by atoms with van der Waals surface area (Å²) < 4.78 is 2.07. The average Bonchev–Trinajstić information content (AvgIpc) is 2.79. The number of benzene rings is 1. The molecule has 2 heterocycles. The summed E-state index contributed by atoms with van der Waals surface area (Å²) in [7, 11) is 2.04. The Bertz CT molecular complexity index is 524. The number of nitrogens with zero attached hydrogens (tertiary/aromatic N) is 2. The molecule has 1 unspecified atom stereocenters. The van der Waals surface area contributed by atoms with Crippen molar-refractivity contribution in [2.24, 2.45) is 13.0 Å². The summed E-state index contributed by atoms with van der Waals surface area (Å²) in [6, 6.07) is 6.68. The fourth-order valence-electron chi connectivity index (χ4n) is 2.88. The van der Waals surface area contributed by atoms with Gasteiger partial charge < -0.3 is 9.88 Å². The smallest absolute Gasteiger partial charge is 0.0955 e. The Hall–Kier alpha value is -1.35. The van der Waals surface area contributed by atoms with Gasteiger partial charge in [0.1, 0.15) is 0 Å². The third-order valence-corrected chi connectivity index (χ3v) is 4.03. The number of imidazole rings is 1. The van der Waals surface area contributed by atoms with E-state index in [4.69, 9.17) is 0 Å². The second-order valence-electron chi connectivity index (χ2n) is 5.43. The minimum atomic E-state index is 0.859. The molecular formula is C15H21N3. The highest BCUT2D eigenvalue weighted by Crippen LogP contribution is 2.19. The first-order valence-electron chi connectivity index (χ1n) is 6.93. The maximum absolute atomic E-state index is 4.42. The molecule has 1 atom stereocenters. The second kappa shape index (κ2) is 5.11. The standard InChI is InChI=1S/C15H21N3/c1-18-11-17-14-9-12(6-7-15(14)18)4-5-13-3-2-8-16-10-13/h6-7,9,11,13,16H,2-5,8,10H2,1H3. The quantitative estimate of drug-likeness (QED) is 0.897. The molecule has 0 spiro atoms. The molecule has 18 heavy (non-hydrogen) atoms. The Balaban J connectivity index is 1.66. The van der Waals surface area contributed by atoms with Crippen LogP contribution in [-0.2, 0) is 13.5 Å². The lowest BCUT2D eigenvalue weighted by Crippen LogP contribution is -2.29. The zero-order valence-electron chi connectivity index (χ0n) is 11.0. The molecule has 0 aliphatic carbocycles. The van der Waals surface area contributed by atoms with E-state index >= 15 is 0 Å². The monoisotopic (exact) mass is 243 g/mol. The van der Waals surface area contributed by atoms with Crippen molar-refractivity contribution in [3.8, 4) is 0 Å². The number of nitrogens with one attached hydrogen (secondary N) is 1. The van der Waals surface area contributed by atoms with Crippen LogP contribution in [0.25, 0.3) is 11.0 Å². The number of rotatable bonds is 3. The number of fused-ring (bicyclic) bond motifs is 1. The number of aromatic nitrogens is 2. The summed E-state index contributed by atoms with van der Waals surface area (Å²) in [5.41, 5.74) is 3.77. The topological polar surface area (TPSA) is 29.9 Å². The molecule has 1 N–H and O–H groups in total. The van der Waals surface area contributed by atoms with Crippen LogP contribution in [0, 0.1) is 5.92 Å². The number of piperidine rings is 1. The molecule has 0 radical (unpaired) electrons. The fraction of sp³-hybridized carbons (Fsp3) is 0.533. The van der Waals surface area contributed by atoms with E-state index in [1.54, 1.807) is 0 Å². The highest BCUT2D eigenvalue weighted by atomic mass is 15.0. The zero-order valence-corrected chi connectivity index (χ0v) is 11.0. The van der Waals surface area contributed by atoms with Crippen molar-refractivity contribution < 1.29 is 0 Å². The van der Waals surface area contributed by atoms with Crippen molar-refractivity contribution in [2.75, 3.05) is 13.1 Å². The van der Waals surface area contributed by atoms with E-state index in [2.05, 4.69) is 33.1 Å². The van der Waals surface area contributed by atoms with Gasteiger partial charge >= 0.3 is 0 Å². The van der Waals surface area contributed by atoms with Gasteiger partial charge in [-0.1, -0.05) is 6.07 Å². The third kappa shape index (κ3) is 2.41. The van der Waals surface area contributed by atoms with Crippen molar-refractivity contribution in [1.29, 1.82) is 0 Å². The molecule has 0 bridgehead atoms. The minimum Gasteiger partial charge on any atom is -0.334 e. The lowest BCUT2D eigenvalue weighted by Gasteiger charge is -2.22. The van der Waals surface area contributed by atoms with Crippen LogP contribution in [0.3, 0.4) is 0 Å². The van der Waals surface area contributed by atoms with Gasteiger partial charge in [0.25, 0.3) is 0 Å². The highest BCUT2D eigenvalue weighted by molar-refractivity contribution is 5.75. The van der Waals surface area contributed by atoms with Gasteiger partial charge in [-0.15, -0.1) is 0 Å². The predicted molar refractivity (Wildman–Crippen MR) is 74.6 cm³/mol. The Labute approximate surface area is 108 Å². The summed E-state index contributed by atoms with van der Waals surface area (Å²) in [5.74, 6) is 0.859. The Morgan fingerprint density at radius 1 is 1.44 bits per heavy atom. The van der Waals surface area contributed by atoms with Gasteiger partial charge in [-0.3, -0.25) is 0 Å². The van der Waals surface area contributed by atoms with E-state index in [0.717, 1.165) is 11.4 Å². The third-order valence-electron chi connectivity index (χ3n) is 4.03. The van der Waals surface area contributed by atoms with Crippen LogP contribution in [0.5, 0.6) is 0 Å². The normalized spacial score (nSPS) is 20.4. The molecule has 1 aliphatic heterocycles. The second-order valence-corrected chi connectivity index (χ2v) is 5.43. The van der Waals surface area contributed by atoms with E-state index < -0.39 is 0 Å². The Morgan fingerprint density at radius 2 is 2.39 bits per heavy atom. The van der Waals surface area contributed by atoms with Gasteiger partial charge in [0, 0.05) is 7.05 Å². The Kier molecular flexibility index (Phi) is 3.33. The summed E-state index contributed by atoms with van der Waals surface area (Å²) in [6.07, 6.45) is 7.09. The molecule has 0 saturated carbocycles. The van der Waals surface area contributed by atoms with E-state index in [1.807, 2.05) is 13.4 Å². The first-order chi connectivity index (χ1) is 8.83. The molecule has 3 heteroatoms. The van der Waals surface area contributed by atoms with E-state index in [9.17, 15) is 0 Å². The Morgan fingerprint density at radius 3 is 3.22 bits per heavy atom. The molecule has 1 aliphatic rings. The lowest BCUT2D eigenvalue weighted by molar-refractivity contribution is 0.358. The van der Waals surface area contributed by atoms with Crippen LogP contribution in [0.1, 0.15) is 24.8 Å². The van der Waals surface area contributed by atoms with Gasteiger partial charge in [-0.05, 0) is 62.4 Å². The molecule has 2 aromatic rings. The molecule has 1 aromatic carbocycles. The van der Waals surface area contributed by atoms with Crippen LogP contribution >= 0.6 is 0 Å². The molecule has 1 fully saturated rings.